The third kappa shape index (κ3) is 1.70. The van der Waals surface area contributed by atoms with Gasteiger partial charge in [0, 0.05) is 18.0 Å². The van der Waals surface area contributed by atoms with Crippen LogP contribution >= 0.6 is 0 Å². The van der Waals surface area contributed by atoms with Gasteiger partial charge in [0.1, 0.15) is 0 Å². The Bertz CT molecular complexity index is 639. The number of esters is 1. The highest BCUT2D eigenvalue weighted by atomic mass is 16.6. The van der Waals surface area contributed by atoms with Crippen molar-refractivity contribution < 1.29 is 14.3 Å². The average molecular weight is 333 g/mol. The summed E-state index contributed by atoms with van der Waals surface area (Å²) >= 11 is 0. The van der Waals surface area contributed by atoms with Crippen LogP contribution in [0.5, 0.6) is 0 Å². The van der Waals surface area contributed by atoms with Gasteiger partial charge in [-0.15, -0.1) is 0 Å². The van der Waals surface area contributed by atoms with Crippen LogP contribution < -0.4 is 0 Å². The maximum Gasteiger partial charge on any atom is 0.313 e. The molecule has 2 heterocycles. The molecule has 4 rings (SSSR count). The first kappa shape index (κ1) is 16.4. The van der Waals surface area contributed by atoms with Crippen molar-refractivity contribution in [3.05, 3.63) is 0 Å². The van der Waals surface area contributed by atoms with Crippen molar-refractivity contribution in [3.8, 4) is 0 Å². The predicted molar refractivity (Wildman–Crippen MR) is 91.2 cm³/mol. The van der Waals surface area contributed by atoms with Gasteiger partial charge in [-0.05, 0) is 49.9 Å². The Balaban J connectivity index is 1.70. The quantitative estimate of drug-likeness (QED) is 0.690. The van der Waals surface area contributed by atoms with Gasteiger partial charge >= 0.3 is 5.97 Å². The van der Waals surface area contributed by atoms with E-state index >= 15 is 0 Å². The minimum atomic E-state index is -0.948. The lowest BCUT2D eigenvalue weighted by Crippen LogP contribution is -2.56. The summed E-state index contributed by atoms with van der Waals surface area (Å²) in [6, 6.07) is 0.294. The Labute approximate surface area is 145 Å². The summed E-state index contributed by atoms with van der Waals surface area (Å²) in [5.74, 6) is -0.102. The molecule has 0 aromatic carbocycles. The molecule has 24 heavy (non-hydrogen) atoms. The standard InChI is InChI=1S/C20H31NO3/c1-16(2)9-13-10-18(5,11-16)12-21(13)14(22)20-8-7-19(6,15(23)24-20)17(20,3)4/h13H,7-12H2,1-6H3/t13-,18+,19+,20+/m0/s1. The lowest BCUT2D eigenvalue weighted by molar-refractivity contribution is -0.174. The van der Waals surface area contributed by atoms with Gasteiger partial charge in [-0.1, -0.05) is 34.6 Å². The van der Waals surface area contributed by atoms with E-state index in [0.717, 1.165) is 32.2 Å². The number of rotatable bonds is 1. The van der Waals surface area contributed by atoms with Gasteiger partial charge in [0.15, 0.2) is 5.60 Å². The number of hydrogen-bond acceptors (Lipinski definition) is 3. The van der Waals surface area contributed by atoms with Gasteiger partial charge in [-0.25, -0.2) is 0 Å². The van der Waals surface area contributed by atoms with E-state index < -0.39 is 16.4 Å². The van der Waals surface area contributed by atoms with Crippen molar-refractivity contribution in [2.75, 3.05) is 6.54 Å². The molecule has 2 saturated carbocycles. The summed E-state index contributed by atoms with van der Waals surface area (Å²) in [4.78, 5) is 28.3. The van der Waals surface area contributed by atoms with Gasteiger partial charge in [0.05, 0.1) is 5.41 Å². The fraction of sp³-hybridized carbons (Fsp3) is 0.900. The molecule has 4 nitrogen and oxygen atoms in total. The Morgan fingerprint density at radius 1 is 1.08 bits per heavy atom. The Morgan fingerprint density at radius 3 is 2.29 bits per heavy atom. The molecule has 4 fully saturated rings. The van der Waals surface area contributed by atoms with Gasteiger partial charge in [0.2, 0.25) is 0 Å². The van der Waals surface area contributed by atoms with Crippen molar-refractivity contribution in [2.45, 2.75) is 85.3 Å². The smallest absolute Gasteiger partial charge is 0.313 e. The molecule has 2 aliphatic heterocycles. The van der Waals surface area contributed by atoms with Crippen molar-refractivity contribution in [2.24, 2.45) is 21.7 Å². The molecule has 0 spiro atoms. The van der Waals surface area contributed by atoms with E-state index in [1.807, 2.05) is 6.92 Å². The van der Waals surface area contributed by atoms with E-state index in [0.29, 0.717) is 12.5 Å². The molecular formula is C20H31NO3. The molecule has 0 aromatic rings. The minimum Gasteiger partial charge on any atom is -0.448 e. The van der Waals surface area contributed by atoms with Crippen LogP contribution in [0, 0.1) is 21.7 Å². The maximum absolute atomic E-state index is 13.7. The van der Waals surface area contributed by atoms with Crippen molar-refractivity contribution in [1.82, 2.24) is 4.90 Å². The Morgan fingerprint density at radius 2 is 1.75 bits per heavy atom. The first-order valence-corrected chi connectivity index (χ1v) is 9.41. The number of ether oxygens (including phenoxy) is 1. The van der Waals surface area contributed by atoms with E-state index in [2.05, 4.69) is 39.5 Å². The summed E-state index contributed by atoms with van der Waals surface area (Å²) in [7, 11) is 0. The molecule has 2 aliphatic carbocycles. The number of fused-ring (bicyclic) bond motifs is 4. The molecule has 4 atom stereocenters. The Hall–Kier alpha value is -1.06. The molecule has 1 amide bonds. The molecule has 4 bridgehead atoms. The number of carbonyl (C=O) groups excluding carboxylic acids is 2. The van der Waals surface area contributed by atoms with Crippen molar-refractivity contribution in [1.29, 1.82) is 0 Å². The fourth-order valence-electron chi connectivity index (χ4n) is 6.65. The van der Waals surface area contributed by atoms with Crippen LogP contribution in [-0.4, -0.2) is 35.0 Å². The summed E-state index contributed by atoms with van der Waals surface area (Å²) in [5.41, 5.74) is -1.44. The lowest BCUT2D eigenvalue weighted by Gasteiger charge is -2.41. The number of carbonyl (C=O) groups is 2. The number of hydrogen-bond donors (Lipinski definition) is 0. The van der Waals surface area contributed by atoms with Crippen LogP contribution in [0.1, 0.15) is 73.6 Å². The second-order valence-electron chi connectivity index (χ2n) is 10.8. The predicted octanol–water partition coefficient (Wildman–Crippen LogP) is 3.54. The van der Waals surface area contributed by atoms with Gasteiger partial charge in [-0.2, -0.15) is 0 Å². The summed E-state index contributed by atoms with van der Waals surface area (Å²) in [5, 5.41) is 0. The zero-order valence-corrected chi connectivity index (χ0v) is 16.0. The number of amides is 1. The highest BCUT2D eigenvalue weighted by Crippen LogP contribution is 2.66. The molecule has 134 valence electrons. The maximum atomic E-state index is 13.7. The monoisotopic (exact) mass is 333 g/mol. The average Bonchev–Trinajstić information content (AvgIpc) is 2.86. The third-order valence-corrected chi connectivity index (χ3v) is 8.10. The highest BCUT2D eigenvalue weighted by Gasteiger charge is 2.76. The van der Waals surface area contributed by atoms with Crippen LogP contribution in [0.2, 0.25) is 0 Å². The first-order chi connectivity index (χ1) is 10.9. The molecule has 0 radical (unpaired) electrons. The van der Waals surface area contributed by atoms with Crippen molar-refractivity contribution in [3.63, 3.8) is 0 Å². The molecule has 4 aliphatic rings. The van der Waals surface area contributed by atoms with E-state index in [1.165, 1.54) is 0 Å². The van der Waals surface area contributed by atoms with E-state index in [4.69, 9.17) is 4.74 Å². The van der Waals surface area contributed by atoms with Crippen LogP contribution in [-0.2, 0) is 14.3 Å². The van der Waals surface area contributed by atoms with E-state index in [9.17, 15) is 9.59 Å². The van der Waals surface area contributed by atoms with Crippen LogP contribution in [0.25, 0.3) is 0 Å². The zero-order chi connectivity index (χ0) is 17.8. The van der Waals surface area contributed by atoms with Crippen LogP contribution in [0.4, 0.5) is 0 Å². The SMILES string of the molecule is CC1(C)C[C@H]2C[C@@](C)(CN2C(=O)[C@@]23CC[C@](C)(C(=O)O2)C3(C)C)C1. The second kappa shape index (κ2) is 4.19. The van der Waals surface area contributed by atoms with Gasteiger partial charge in [-0.3, -0.25) is 9.59 Å². The highest BCUT2D eigenvalue weighted by molar-refractivity contribution is 5.96. The molecular weight excluding hydrogens is 302 g/mol. The number of nitrogens with zero attached hydrogens (tertiary/aromatic N) is 1. The Kier molecular flexibility index (Phi) is 2.86. The first-order valence-electron chi connectivity index (χ1n) is 9.41. The third-order valence-electron chi connectivity index (χ3n) is 8.10. The molecule has 0 aromatic heterocycles. The summed E-state index contributed by atoms with van der Waals surface area (Å²) < 4.78 is 5.84. The topological polar surface area (TPSA) is 46.6 Å². The van der Waals surface area contributed by atoms with Crippen molar-refractivity contribution >= 4 is 11.9 Å². The molecule has 4 heteroatoms. The molecule has 0 N–H and O–H groups in total. The number of likely N-dealkylation sites (tertiary alicyclic amines) is 1. The summed E-state index contributed by atoms with van der Waals surface area (Å²) in [6.07, 6.45) is 4.73. The second-order valence-corrected chi connectivity index (χ2v) is 10.8. The van der Waals surface area contributed by atoms with Gasteiger partial charge < -0.3 is 9.64 Å². The normalized spacial score (nSPS) is 47.8. The fourth-order valence-corrected chi connectivity index (χ4v) is 6.65. The summed E-state index contributed by atoms with van der Waals surface area (Å²) in [6.45, 7) is 13.8. The largest absolute Gasteiger partial charge is 0.448 e. The van der Waals surface area contributed by atoms with E-state index in [1.54, 1.807) is 0 Å². The van der Waals surface area contributed by atoms with E-state index in [-0.39, 0.29) is 22.7 Å². The van der Waals surface area contributed by atoms with Crippen LogP contribution in [0.15, 0.2) is 0 Å². The molecule has 0 unspecified atom stereocenters. The zero-order valence-electron chi connectivity index (χ0n) is 16.0. The van der Waals surface area contributed by atoms with Crippen LogP contribution in [0.3, 0.4) is 0 Å². The lowest BCUT2D eigenvalue weighted by atomic mass is 9.65. The van der Waals surface area contributed by atoms with Gasteiger partial charge in [0.25, 0.3) is 5.91 Å². The minimum absolute atomic E-state index is 0.0773. The molecule has 2 saturated heterocycles.